The maximum Gasteiger partial charge on any atom is 0.220 e. The third kappa shape index (κ3) is 7.74. The fourth-order valence-electron chi connectivity index (χ4n) is 4.39. The number of nitrogens with zero attached hydrogens (tertiary/aromatic N) is 1. The molecule has 6 heteroatoms. The van der Waals surface area contributed by atoms with E-state index in [9.17, 15) is 4.79 Å². The van der Waals surface area contributed by atoms with Crippen molar-refractivity contribution in [1.29, 1.82) is 0 Å². The smallest absolute Gasteiger partial charge is 0.220 e. The van der Waals surface area contributed by atoms with Crippen molar-refractivity contribution in [1.82, 2.24) is 10.2 Å². The molecular weight excluding hydrogens is 460 g/mol. The molecular formula is C29H33ClN2O3. The summed E-state index contributed by atoms with van der Waals surface area (Å²) in [6.45, 7) is 4.64. The molecule has 0 radical (unpaired) electrons. The lowest BCUT2D eigenvalue weighted by molar-refractivity contribution is -0.121. The first-order chi connectivity index (χ1) is 17.1. The zero-order valence-corrected chi connectivity index (χ0v) is 20.9. The van der Waals surface area contributed by atoms with Crippen molar-refractivity contribution in [3.63, 3.8) is 0 Å². The first kappa shape index (κ1) is 25.1. The van der Waals surface area contributed by atoms with E-state index in [2.05, 4.69) is 10.2 Å². The highest BCUT2D eigenvalue weighted by molar-refractivity contribution is 6.30. The molecule has 184 valence electrons. The minimum absolute atomic E-state index is 0.0274. The summed E-state index contributed by atoms with van der Waals surface area (Å²) in [5.74, 6) is 2.43. The van der Waals surface area contributed by atoms with Gasteiger partial charge in [-0.25, -0.2) is 0 Å². The normalized spacial score (nSPS) is 16.6. The van der Waals surface area contributed by atoms with Crippen LogP contribution in [0.3, 0.4) is 0 Å². The lowest BCUT2D eigenvalue weighted by Gasteiger charge is -2.24. The molecule has 3 aromatic carbocycles. The number of ether oxygens (including phenoxy) is 2. The van der Waals surface area contributed by atoms with E-state index in [1.807, 2.05) is 73.7 Å². The molecule has 1 fully saturated rings. The van der Waals surface area contributed by atoms with Gasteiger partial charge in [0, 0.05) is 17.5 Å². The number of rotatable bonds is 11. The number of likely N-dealkylation sites (tertiary alicyclic amines) is 1. The van der Waals surface area contributed by atoms with Gasteiger partial charge in [-0.15, -0.1) is 0 Å². The Morgan fingerprint density at radius 3 is 2.37 bits per heavy atom. The molecule has 5 nitrogen and oxygen atoms in total. The Kier molecular flexibility index (Phi) is 9.04. The van der Waals surface area contributed by atoms with E-state index < -0.39 is 0 Å². The van der Waals surface area contributed by atoms with Crippen molar-refractivity contribution in [3.05, 3.63) is 89.4 Å². The van der Waals surface area contributed by atoms with Gasteiger partial charge in [-0.05, 0) is 93.4 Å². The molecule has 1 aliphatic rings. The summed E-state index contributed by atoms with van der Waals surface area (Å²) in [5.41, 5.74) is 1.13. The van der Waals surface area contributed by atoms with Crippen LogP contribution >= 0.6 is 11.6 Å². The van der Waals surface area contributed by atoms with Gasteiger partial charge in [0.25, 0.3) is 0 Å². The average molecular weight is 493 g/mol. The highest BCUT2D eigenvalue weighted by Gasteiger charge is 2.25. The molecule has 35 heavy (non-hydrogen) atoms. The predicted molar refractivity (Wildman–Crippen MR) is 140 cm³/mol. The van der Waals surface area contributed by atoms with E-state index in [4.69, 9.17) is 21.1 Å². The second-order valence-electron chi connectivity index (χ2n) is 8.97. The molecule has 4 rings (SSSR count). The third-order valence-electron chi connectivity index (χ3n) is 6.34. The molecule has 0 saturated carbocycles. The van der Waals surface area contributed by atoms with Crippen molar-refractivity contribution in [2.45, 2.75) is 44.7 Å². The first-order valence-electron chi connectivity index (χ1n) is 12.3. The van der Waals surface area contributed by atoms with Crippen LogP contribution in [0, 0.1) is 0 Å². The van der Waals surface area contributed by atoms with Crippen molar-refractivity contribution in [2.24, 2.45) is 0 Å². The molecule has 0 aromatic heterocycles. The van der Waals surface area contributed by atoms with Crippen LogP contribution in [0.4, 0.5) is 0 Å². The molecule has 1 heterocycles. The van der Waals surface area contributed by atoms with Crippen LogP contribution in [-0.4, -0.2) is 36.5 Å². The molecule has 1 amide bonds. The summed E-state index contributed by atoms with van der Waals surface area (Å²) < 4.78 is 11.9. The van der Waals surface area contributed by atoms with Crippen LogP contribution in [0.5, 0.6) is 17.2 Å². The number of benzene rings is 3. The molecule has 1 unspecified atom stereocenters. The summed E-state index contributed by atoms with van der Waals surface area (Å²) in [5, 5.41) is 3.79. The number of hydrogen-bond donors (Lipinski definition) is 1. The molecule has 1 saturated heterocycles. The van der Waals surface area contributed by atoms with Crippen molar-refractivity contribution < 1.29 is 14.3 Å². The van der Waals surface area contributed by atoms with E-state index in [1.165, 1.54) is 6.42 Å². The maximum absolute atomic E-state index is 12.4. The Morgan fingerprint density at radius 1 is 1.00 bits per heavy atom. The SMILES string of the molecule is C[C@@H](NC(=O)CCCN1CCCC1COc1ccc(Oc2ccc(Cl)cc2)cc1)c1ccccc1. The van der Waals surface area contributed by atoms with Crippen LogP contribution in [0.2, 0.25) is 5.02 Å². The average Bonchev–Trinajstić information content (AvgIpc) is 3.33. The summed E-state index contributed by atoms with van der Waals surface area (Å²) in [6.07, 6.45) is 3.67. The van der Waals surface area contributed by atoms with Crippen LogP contribution in [0.15, 0.2) is 78.9 Å². The Labute approximate surface area is 213 Å². The van der Waals surface area contributed by atoms with Gasteiger partial charge in [0.1, 0.15) is 23.9 Å². The van der Waals surface area contributed by atoms with Gasteiger partial charge in [-0.2, -0.15) is 0 Å². The van der Waals surface area contributed by atoms with E-state index >= 15 is 0 Å². The maximum atomic E-state index is 12.4. The lowest BCUT2D eigenvalue weighted by Crippen LogP contribution is -2.35. The second-order valence-corrected chi connectivity index (χ2v) is 9.41. The standard InChI is InChI=1S/C29H33ClN2O3/c1-22(23-7-3-2-4-8-23)31-29(33)10-6-20-32-19-5-9-25(32)21-34-26-15-17-28(18-16-26)35-27-13-11-24(30)12-14-27/h2-4,7-8,11-18,22,25H,5-6,9-10,19-21H2,1H3,(H,31,33)/t22-,25?/m1/s1. The van der Waals surface area contributed by atoms with Crippen LogP contribution < -0.4 is 14.8 Å². The molecule has 1 aliphatic heterocycles. The van der Waals surface area contributed by atoms with E-state index in [1.54, 1.807) is 12.1 Å². The fraction of sp³-hybridized carbons (Fsp3) is 0.345. The number of amides is 1. The fourth-order valence-corrected chi connectivity index (χ4v) is 4.52. The van der Waals surface area contributed by atoms with E-state index in [0.29, 0.717) is 24.1 Å². The largest absolute Gasteiger partial charge is 0.492 e. The van der Waals surface area contributed by atoms with Crippen molar-refractivity contribution >= 4 is 17.5 Å². The Hall–Kier alpha value is -3.02. The molecule has 0 aliphatic carbocycles. The third-order valence-corrected chi connectivity index (χ3v) is 6.59. The summed E-state index contributed by atoms with van der Waals surface area (Å²) in [6, 6.07) is 25.4. The number of halogens is 1. The number of nitrogens with one attached hydrogen (secondary N) is 1. The van der Waals surface area contributed by atoms with Crippen molar-refractivity contribution in [2.75, 3.05) is 19.7 Å². The number of carbonyl (C=O) groups excluding carboxylic acids is 1. The topological polar surface area (TPSA) is 50.8 Å². The first-order valence-corrected chi connectivity index (χ1v) is 12.7. The van der Waals surface area contributed by atoms with Gasteiger partial charge in [-0.1, -0.05) is 41.9 Å². The summed E-state index contributed by atoms with van der Waals surface area (Å²) >= 11 is 5.92. The van der Waals surface area contributed by atoms with Crippen molar-refractivity contribution in [3.8, 4) is 17.2 Å². The molecule has 1 N–H and O–H groups in total. The quantitative estimate of drug-likeness (QED) is 0.326. The number of carbonyl (C=O) groups is 1. The number of hydrogen-bond acceptors (Lipinski definition) is 4. The van der Waals surface area contributed by atoms with Gasteiger partial charge >= 0.3 is 0 Å². The van der Waals surface area contributed by atoms with Gasteiger partial charge < -0.3 is 14.8 Å². The van der Waals surface area contributed by atoms with Gasteiger partial charge in [0.2, 0.25) is 5.91 Å². The summed E-state index contributed by atoms with van der Waals surface area (Å²) in [7, 11) is 0. The molecule has 2 atom stereocenters. The molecule has 3 aromatic rings. The Morgan fingerprint density at radius 2 is 1.66 bits per heavy atom. The Balaban J connectivity index is 1.17. The van der Waals surface area contributed by atoms with Gasteiger partial charge in [-0.3, -0.25) is 9.69 Å². The van der Waals surface area contributed by atoms with Crippen LogP contribution in [0.1, 0.15) is 44.2 Å². The highest BCUT2D eigenvalue weighted by atomic mass is 35.5. The van der Waals surface area contributed by atoms with Gasteiger partial charge in [0.15, 0.2) is 0 Å². The highest BCUT2D eigenvalue weighted by Crippen LogP contribution is 2.26. The van der Waals surface area contributed by atoms with E-state index in [0.717, 1.165) is 48.7 Å². The monoisotopic (exact) mass is 492 g/mol. The minimum atomic E-state index is 0.0274. The zero-order chi connectivity index (χ0) is 24.5. The van der Waals surface area contributed by atoms with Gasteiger partial charge in [0.05, 0.1) is 6.04 Å². The summed E-state index contributed by atoms with van der Waals surface area (Å²) in [4.78, 5) is 14.8. The van der Waals surface area contributed by atoms with Crippen LogP contribution in [0.25, 0.3) is 0 Å². The second kappa shape index (κ2) is 12.6. The predicted octanol–water partition coefficient (Wildman–Crippen LogP) is 6.63. The zero-order valence-electron chi connectivity index (χ0n) is 20.2. The lowest BCUT2D eigenvalue weighted by atomic mass is 10.1. The molecule has 0 spiro atoms. The molecule has 0 bridgehead atoms. The minimum Gasteiger partial charge on any atom is -0.492 e. The Bertz CT molecular complexity index is 1060. The van der Waals surface area contributed by atoms with Crippen LogP contribution in [-0.2, 0) is 4.79 Å². The van der Waals surface area contributed by atoms with E-state index in [-0.39, 0.29) is 11.9 Å².